The van der Waals surface area contributed by atoms with Gasteiger partial charge in [-0.25, -0.2) is 4.98 Å². The van der Waals surface area contributed by atoms with Gasteiger partial charge >= 0.3 is 0 Å². The van der Waals surface area contributed by atoms with Crippen LogP contribution in [0.4, 0.5) is 17.5 Å². The van der Waals surface area contributed by atoms with Gasteiger partial charge in [-0.15, -0.1) is 0 Å². The third kappa shape index (κ3) is 2.41. The molecule has 0 spiro atoms. The Morgan fingerprint density at radius 3 is 2.84 bits per heavy atom. The second-order valence-electron chi connectivity index (χ2n) is 3.93. The van der Waals surface area contributed by atoms with Crippen molar-refractivity contribution in [1.82, 2.24) is 15.0 Å². The number of anilines is 3. The largest absolute Gasteiger partial charge is 0.368 e. The molecule has 19 heavy (non-hydrogen) atoms. The molecule has 0 fully saturated rings. The first kappa shape index (κ1) is 11.7. The molecular formula is C13H10ClN5. The van der Waals surface area contributed by atoms with E-state index in [1.54, 1.807) is 12.3 Å². The van der Waals surface area contributed by atoms with Crippen LogP contribution >= 0.6 is 11.6 Å². The summed E-state index contributed by atoms with van der Waals surface area (Å²) in [5.74, 6) is 0.683. The van der Waals surface area contributed by atoms with Crippen molar-refractivity contribution < 1.29 is 0 Å². The maximum Gasteiger partial charge on any atom is 0.223 e. The highest BCUT2D eigenvalue weighted by Crippen LogP contribution is 2.25. The van der Waals surface area contributed by atoms with Crippen LogP contribution < -0.4 is 11.1 Å². The Morgan fingerprint density at radius 2 is 2.00 bits per heavy atom. The molecule has 0 bridgehead atoms. The molecule has 2 aromatic heterocycles. The van der Waals surface area contributed by atoms with Crippen molar-refractivity contribution in [2.24, 2.45) is 0 Å². The molecule has 3 N–H and O–H groups in total. The van der Waals surface area contributed by atoms with E-state index in [2.05, 4.69) is 20.3 Å². The first-order valence-corrected chi connectivity index (χ1v) is 6.01. The zero-order chi connectivity index (χ0) is 13.2. The minimum Gasteiger partial charge on any atom is -0.368 e. The SMILES string of the molecule is Nc1nc(Cl)cc(Nc2cccc3ncccc23)n1. The molecule has 1 aromatic carbocycles. The van der Waals surface area contributed by atoms with Gasteiger partial charge in [0.15, 0.2) is 0 Å². The van der Waals surface area contributed by atoms with E-state index in [1.807, 2.05) is 30.3 Å². The third-order valence-electron chi connectivity index (χ3n) is 2.62. The number of nitrogen functional groups attached to an aromatic ring is 1. The molecule has 0 aliphatic rings. The van der Waals surface area contributed by atoms with Crippen LogP contribution in [0.3, 0.4) is 0 Å². The second-order valence-corrected chi connectivity index (χ2v) is 4.32. The van der Waals surface area contributed by atoms with E-state index in [-0.39, 0.29) is 5.95 Å². The van der Waals surface area contributed by atoms with Crippen LogP contribution in [0.15, 0.2) is 42.6 Å². The van der Waals surface area contributed by atoms with Gasteiger partial charge < -0.3 is 11.1 Å². The fourth-order valence-electron chi connectivity index (χ4n) is 1.85. The van der Waals surface area contributed by atoms with Gasteiger partial charge in [-0.2, -0.15) is 4.98 Å². The summed E-state index contributed by atoms with van der Waals surface area (Å²) in [6.45, 7) is 0. The first-order valence-electron chi connectivity index (χ1n) is 5.63. The maximum atomic E-state index is 5.85. The summed E-state index contributed by atoms with van der Waals surface area (Å²) in [5.41, 5.74) is 7.36. The van der Waals surface area contributed by atoms with Gasteiger partial charge in [0.25, 0.3) is 0 Å². The predicted molar refractivity (Wildman–Crippen MR) is 76.5 cm³/mol. The molecule has 6 heteroatoms. The molecule has 5 nitrogen and oxygen atoms in total. The fraction of sp³-hybridized carbons (Fsp3) is 0. The standard InChI is InChI=1S/C13H10ClN5/c14-11-7-12(19-13(15)18-11)17-10-5-1-4-9-8(10)3-2-6-16-9/h1-7H,(H3,15,17,18,19). The Labute approximate surface area is 114 Å². The highest BCUT2D eigenvalue weighted by molar-refractivity contribution is 6.29. The Bertz CT molecular complexity index is 718. The average Bonchev–Trinajstić information content (AvgIpc) is 2.38. The van der Waals surface area contributed by atoms with Crippen molar-refractivity contribution in [2.45, 2.75) is 0 Å². The van der Waals surface area contributed by atoms with Crippen molar-refractivity contribution in [3.63, 3.8) is 0 Å². The number of hydrogen-bond acceptors (Lipinski definition) is 5. The topological polar surface area (TPSA) is 76.7 Å². The van der Waals surface area contributed by atoms with Gasteiger partial charge in [0.2, 0.25) is 5.95 Å². The number of pyridine rings is 1. The highest BCUT2D eigenvalue weighted by Gasteiger charge is 2.04. The molecular weight excluding hydrogens is 262 g/mol. The molecule has 0 amide bonds. The van der Waals surface area contributed by atoms with Crippen molar-refractivity contribution in [3.8, 4) is 0 Å². The van der Waals surface area contributed by atoms with Gasteiger partial charge in [-0.1, -0.05) is 17.7 Å². The Balaban J connectivity index is 2.05. The normalized spacial score (nSPS) is 10.6. The Morgan fingerprint density at radius 1 is 1.11 bits per heavy atom. The summed E-state index contributed by atoms with van der Waals surface area (Å²) < 4.78 is 0. The van der Waals surface area contributed by atoms with E-state index in [9.17, 15) is 0 Å². The summed E-state index contributed by atoms with van der Waals surface area (Å²) in [6, 6.07) is 11.3. The number of hydrogen-bond donors (Lipinski definition) is 2. The van der Waals surface area contributed by atoms with Crippen molar-refractivity contribution in [2.75, 3.05) is 11.1 Å². The lowest BCUT2D eigenvalue weighted by Gasteiger charge is -2.09. The molecule has 0 atom stereocenters. The molecule has 0 radical (unpaired) electrons. The number of aromatic nitrogens is 3. The maximum absolute atomic E-state index is 5.85. The Hall–Kier alpha value is -2.40. The van der Waals surface area contributed by atoms with Gasteiger partial charge in [0.1, 0.15) is 11.0 Å². The van der Waals surface area contributed by atoms with Crippen LogP contribution in [0.2, 0.25) is 5.15 Å². The first-order chi connectivity index (χ1) is 9.22. The van der Waals surface area contributed by atoms with E-state index >= 15 is 0 Å². The van der Waals surface area contributed by atoms with E-state index in [4.69, 9.17) is 17.3 Å². The summed E-state index contributed by atoms with van der Waals surface area (Å²) in [4.78, 5) is 12.2. The summed E-state index contributed by atoms with van der Waals surface area (Å²) in [5, 5.41) is 4.47. The summed E-state index contributed by atoms with van der Waals surface area (Å²) in [6.07, 6.45) is 1.76. The molecule has 3 aromatic rings. The number of nitrogens with one attached hydrogen (secondary N) is 1. The zero-order valence-corrected chi connectivity index (χ0v) is 10.6. The molecule has 0 saturated heterocycles. The number of nitrogens with two attached hydrogens (primary N) is 1. The molecule has 2 heterocycles. The van der Waals surface area contributed by atoms with Crippen LogP contribution in [0.5, 0.6) is 0 Å². The monoisotopic (exact) mass is 271 g/mol. The summed E-state index contributed by atoms with van der Waals surface area (Å²) >= 11 is 5.85. The van der Waals surface area contributed by atoms with E-state index < -0.39 is 0 Å². The quantitative estimate of drug-likeness (QED) is 0.701. The number of rotatable bonds is 2. The summed E-state index contributed by atoms with van der Waals surface area (Å²) in [7, 11) is 0. The number of halogens is 1. The van der Waals surface area contributed by atoms with Gasteiger partial charge in [-0.3, -0.25) is 4.98 Å². The van der Waals surface area contributed by atoms with Crippen LogP contribution in [-0.2, 0) is 0 Å². The van der Waals surface area contributed by atoms with E-state index in [1.165, 1.54) is 0 Å². The minimum absolute atomic E-state index is 0.133. The third-order valence-corrected chi connectivity index (χ3v) is 2.81. The molecule has 3 rings (SSSR count). The molecule has 0 unspecified atom stereocenters. The van der Waals surface area contributed by atoms with E-state index in [0.29, 0.717) is 11.0 Å². The number of nitrogens with zero attached hydrogens (tertiary/aromatic N) is 3. The van der Waals surface area contributed by atoms with E-state index in [0.717, 1.165) is 16.6 Å². The average molecular weight is 272 g/mol. The van der Waals surface area contributed by atoms with Crippen molar-refractivity contribution >= 4 is 40.0 Å². The lowest BCUT2D eigenvalue weighted by atomic mass is 10.2. The van der Waals surface area contributed by atoms with Gasteiger partial charge in [-0.05, 0) is 24.3 Å². The minimum atomic E-state index is 0.133. The fourth-order valence-corrected chi connectivity index (χ4v) is 2.04. The van der Waals surface area contributed by atoms with Crippen LogP contribution in [-0.4, -0.2) is 15.0 Å². The lowest BCUT2D eigenvalue weighted by Crippen LogP contribution is -2.00. The van der Waals surface area contributed by atoms with Crippen LogP contribution in [0.25, 0.3) is 10.9 Å². The second kappa shape index (κ2) is 4.70. The van der Waals surface area contributed by atoms with Crippen LogP contribution in [0.1, 0.15) is 0 Å². The van der Waals surface area contributed by atoms with Crippen LogP contribution in [0, 0.1) is 0 Å². The number of benzene rings is 1. The van der Waals surface area contributed by atoms with Crippen molar-refractivity contribution in [3.05, 3.63) is 47.7 Å². The van der Waals surface area contributed by atoms with Gasteiger partial charge in [0, 0.05) is 23.3 Å². The molecule has 0 aliphatic carbocycles. The predicted octanol–water partition coefficient (Wildman–Crippen LogP) is 3.00. The smallest absolute Gasteiger partial charge is 0.223 e. The highest BCUT2D eigenvalue weighted by atomic mass is 35.5. The number of fused-ring (bicyclic) bond motifs is 1. The molecule has 0 aliphatic heterocycles. The lowest BCUT2D eigenvalue weighted by molar-refractivity contribution is 1.19. The van der Waals surface area contributed by atoms with Crippen molar-refractivity contribution in [1.29, 1.82) is 0 Å². The Kier molecular flexibility index (Phi) is 2.89. The molecule has 0 saturated carbocycles. The molecule has 94 valence electrons. The van der Waals surface area contributed by atoms with Gasteiger partial charge in [0.05, 0.1) is 5.52 Å². The zero-order valence-electron chi connectivity index (χ0n) is 9.84.